The molecule has 2 atom stereocenters. The molecule has 0 bridgehead atoms. The number of amides is 2. The van der Waals surface area contributed by atoms with Gasteiger partial charge in [-0.2, -0.15) is 0 Å². The van der Waals surface area contributed by atoms with Crippen LogP contribution in [0.2, 0.25) is 0 Å². The second-order valence-electron chi connectivity index (χ2n) is 8.05. The molecule has 4 rings (SSSR count). The largest absolute Gasteiger partial charge is 0.449 e. The van der Waals surface area contributed by atoms with Crippen LogP contribution in [0.4, 0.5) is 11.4 Å². The number of ether oxygens (including phenoxy) is 2. The summed E-state index contributed by atoms with van der Waals surface area (Å²) in [4.78, 5) is 38.8. The smallest absolute Gasteiger partial charge is 0.338 e. The first-order valence-corrected chi connectivity index (χ1v) is 12.4. The Balaban J connectivity index is 1.43. The lowest BCUT2D eigenvalue weighted by Crippen LogP contribution is -2.47. The predicted molar refractivity (Wildman–Crippen MR) is 123 cm³/mol. The number of carbonyl (C=O) groups is 3. The van der Waals surface area contributed by atoms with Crippen molar-refractivity contribution < 1.29 is 32.3 Å². The van der Waals surface area contributed by atoms with Gasteiger partial charge in [0.15, 0.2) is 6.10 Å². The van der Waals surface area contributed by atoms with E-state index in [9.17, 15) is 22.8 Å². The third-order valence-corrected chi connectivity index (χ3v) is 6.99. The highest BCUT2D eigenvalue weighted by Gasteiger charge is 2.31. The molecule has 10 nitrogen and oxygen atoms in total. The summed E-state index contributed by atoms with van der Waals surface area (Å²) in [5.41, 5.74) is 0.968. The first kappa shape index (κ1) is 23.9. The highest BCUT2D eigenvalue weighted by atomic mass is 32.2. The van der Waals surface area contributed by atoms with Crippen molar-refractivity contribution in [3.8, 4) is 0 Å². The Morgan fingerprint density at radius 3 is 2.79 bits per heavy atom. The molecule has 2 aromatic carbocycles. The number of nitrogens with one attached hydrogen (secondary N) is 2. The molecule has 34 heavy (non-hydrogen) atoms. The molecule has 0 radical (unpaired) electrons. The minimum Gasteiger partial charge on any atom is -0.449 e. The zero-order valence-corrected chi connectivity index (χ0v) is 19.3. The SMILES string of the molecule is C[C@H](OC(=O)c1cccc(S(=O)(=O)NC[C@@H]2CCCO2)c1)C(=O)N1CC(=O)Nc2ccccc21. The van der Waals surface area contributed by atoms with E-state index in [1.807, 2.05) is 0 Å². The van der Waals surface area contributed by atoms with Gasteiger partial charge in [0, 0.05) is 13.2 Å². The van der Waals surface area contributed by atoms with Gasteiger partial charge in [-0.25, -0.2) is 17.9 Å². The van der Waals surface area contributed by atoms with Crippen molar-refractivity contribution in [2.45, 2.75) is 36.9 Å². The maximum Gasteiger partial charge on any atom is 0.338 e. The number of sulfonamides is 1. The van der Waals surface area contributed by atoms with E-state index in [2.05, 4.69) is 10.0 Å². The van der Waals surface area contributed by atoms with Crippen LogP contribution in [0.3, 0.4) is 0 Å². The fourth-order valence-electron chi connectivity index (χ4n) is 3.81. The average molecular weight is 488 g/mol. The number of carbonyl (C=O) groups excluding carboxylic acids is 3. The van der Waals surface area contributed by atoms with Crippen molar-refractivity contribution in [2.75, 3.05) is 29.9 Å². The van der Waals surface area contributed by atoms with E-state index in [4.69, 9.17) is 9.47 Å². The number of nitrogens with zero attached hydrogens (tertiary/aromatic N) is 1. The number of para-hydroxylation sites is 2. The molecule has 0 aliphatic carbocycles. The maximum absolute atomic E-state index is 13.0. The fourth-order valence-corrected chi connectivity index (χ4v) is 4.92. The van der Waals surface area contributed by atoms with Crippen LogP contribution in [0.1, 0.15) is 30.1 Å². The summed E-state index contributed by atoms with van der Waals surface area (Å²) in [5.74, 6) is -1.79. The van der Waals surface area contributed by atoms with E-state index in [0.717, 1.165) is 12.8 Å². The van der Waals surface area contributed by atoms with Crippen LogP contribution in [-0.4, -0.2) is 58.1 Å². The molecule has 0 spiro atoms. The summed E-state index contributed by atoms with van der Waals surface area (Å²) in [6.45, 7) is 1.95. The Hall–Kier alpha value is -3.28. The third-order valence-electron chi connectivity index (χ3n) is 5.57. The fraction of sp³-hybridized carbons (Fsp3) is 0.348. The van der Waals surface area contributed by atoms with Crippen molar-refractivity contribution in [1.29, 1.82) is 0 Å². The van der Waals surface area contributed by atoms with Crippen LogP contribution in [0.15, 0.2) is 53.4 Å². The van der Waals surface area contributed by atoms with E-state index < -0.39 is 28.0 Å². The molecule has 2 aliphatic heterocycles. The van der Waals surface area contributed by atoms with E-state index in [1.54, 1.807) is 24.3 Å². The van der Waals surface area contributed by atoms with Gasteiger partial charge in [0.25, 0.3) is 5.91 Å². The van der Waals surface area contributed by atoms with Crippen molar-refractivity contribution in [3.05, 3.63) is 54.1 Å². The molecule has 0 unspecified atom stereocenters. The van der Waals surface area contributed by atoms with Gasteiger partial charge in [-0.05, 0) is 50.1 Å². The van der Waals surface area contributed by atoms with Gasteiger partial charge in [-0.1, -0.05) is 18.2 Å². The van der Waals surface area contributed by atoms with E-state index in [0.29, 0.717) is 18.0 Å². The van der Waals surface area contributed by atoms with Crippen LogP contribution in [0.25, 0.3) is 0 Å². The van der Waals surface area contributed by atoms with Crippen LogP contribution < -0.4 is 14.9 Å². The highest BCUT2D eigenvalue weighted by molar-refractivity contribution is 7.89. The lowest BCUT2D eigenvalue weighted by atomic mass is 10.1. The van der Waals surface area contributed by atoms with Gasteiger partial charge in [0.05, 0.1) is 27.9 Å². The van der Waals surface area contributed by atoms with Crippen LogP contribution in [-0.2, 0) is 29.1 Å². The van der Waals surface area contributed by atoms with Gasteiger partial charge in [-0.3, -0.25) is 14.5 Å². The number of anilines is 2. The molecule has 2 heterocycles. The van der Waals surface area contributed by atoms with Gasteiger partial charge in [-0.15, -0.1) is 0 Å². The van der Waals surface area contributed by atoms with Gasteiger partial charge < -0.3 is 14.8 Å². The molecular formula is C23H25N3O7S. The molecule has 2 aromatic rings. The number of benzene rings is 2. The van der Waals surface area contributed by atoms with Gasteiger partial charge in [0.2, 0.25) is 15.9 Å². The number of fused-ring (bicyclic) bond motifs is 1. The normalized spacial score (nSPS) is 18.7. The standard InChI is InChI=1S/C23H25N3O7S/c1-15(22(28)26-14-21(27)25-19-9-2-3-10-20(19)26)33-23(29)16-6-4-8-18(12-16)34(30,31)24-13-17-7-5-11-32-17/h2-4,6,8-10,12,15,17,24H,5,7,11,13-14H2,1H3,(H,25,27)/t15-,17-/m0/s1. The van der Waals surface area contributed by atoms with E-state index in [1.165, 1.54) is 36.1 Å². The Morgan fingerprint density at radius 1 is 1.24 bits per heavy atom. The molecule has 1 fully saturated rings. The Bertz CT molecular complexity index is 1210. The average Bonchev–Trinajstić information content (AvgIpc) is 3.35. The molecule has 2 aliphatic rings. The number of hydrogen-bond acceptors (Lipinski definition) is 7. The Kier molecular flexibility index (Phi) is 6.96. The summed E-state index contributed by atoms with van der Waals surface area (Å²) in [7, 11) is -3.86. The Labute approximate surface area is 197 Å². The van der Waals surface area contributed by atoms with Crippen LogP contribution in [0.5, 0.6) is 0 Å². The second kappa shape index (κ2) is 9.92. The Morgan fingerprint density at radius 2 is 2.03 bits per heavy atom. The van der Waals surface area contributed by atoms with Gasteiger partial charge >= 0.3 is 5.97 Å². The van der Waals surface area contributed by atoms with Crippen molar-refractivity contribution >= 4 is 39.2 Å². The monoisotopic (exact) mass is 487 g/mol. The minimum atomic E-state index is -3.86. The van der Waals surface area contributed by atoms with E-state index in [-0.39, 0.29) is 35.6 Å². The first-order valence-electron chi connectivity index (χ1n) is 10.9. The maximum atomic E-state index is 13.0. The molecule has 11 heteroatoms. The van der Waals surface area contributed by atoms with Crippen molar-refractivity contribution in [2.24, 2.45) is 0 Å². The van der Waals surface area contributed by atoms with Crippen molar-refractivity contribution in [1.82, 2.24) is 4.72 Å². The van der Waals surface area contributed by atoms with E-state index >= 15 is 0 Å². The molecule has 2 amide bonds. The number of esters is 1. The summed E-state index contributed by atoms with van der Waals surface area (Å²) >= 11 is 0. The van der Waals surface area contributed by atoms with Crippen molar-refractivity contribution in [3.63, 3.8) is 0 Å². The molecular weight excluding hydrogens is 462 g/mol. The molecule has 0 aromatic heterocycles. The quantitative estimate of drug-likeness (QED) is 0.568. The second-order valence-corrected chi connectivity index (χ2v) is 9.82. The third kappa shape index (κ3) is 5.27. The molecule has 1 saturated heterocycles. The number of hydrogen-bond donors (Lipinski definition) is 2. The summed E-state index contributed by atoms with van der Waals surface area (Å²) < 4.78 is 38.5. The summed E-state index contributed by atoms with van der Waals surface area (Å²) in [6, 6.07) is 12.2. The lowest BCUT2D eigenvalue weighted by Gasteiger charge is -2.30. The summed E-state index contributed by atoms with van der Waals surface area (Å²) in [5, 5.41) is 2.69. The van der Waals surface area contributed by atoms with Gasteiger partial charge in [0.1, 0.15) is 6.54 Å². The lowest BCUT2D eigenvalue weighted by molar-refractivity contribution is -0.128. The van der Waals surface area contributed by atoms with Crippen LogP contribution in [0, 0.1) is 0 Å². The molecule has 0 saturated carbocycles. The molecule has 2 N–H and O–H groups in total. The zero-order chi connectivity index (χ0) is 24.3. The predicted octanol–water partition coefficient (Wildman–Crippen LogP) is 1.67. The summed E-state index contributed by atoms with van der Waals surface area (Å²) in [6.07, 6.45) is 0.295. The van der Waals surface area contributed by atoms with Crippen LogP contribution >= 0.6 is 0 Å². The first-order chi connectivity index (χ1) is 16.2. The topological polar surface area (TPSA) is 131 Å². The highest BCUT2D eigenvalue weighted by Crippen LogP contribution is 2.29. The molecule has 180 valence electrons. The minimum absolute atomic E-state index is 0.0172. The zero-order valence-electron chi connectivity index (χ0n) is 18.5. The number of rotatable bonds is 7.